The fourth-order valence-corrected chi connectivity index (χ4v) is 7.27. The number of aliphatic hydroxyl groups is 1. The largest absolute Gasteiger partial charge is 0.496 e. The number of para-hydroxylation sites is 2. The molecule has 1 atom stereocenters. The quantitative estimate of drug-likeness (QED) is 0.246. The molecule has 1 amide bonds. The molecule has 0 saturated carbocycles. The molecule has 12 nitrogen and oxygen atoms in total. The van der Waals surface area contributed by atoms with E-state index in [0.29, 0.717) is 36.6 Å². The number of imidazole rings is 1. The lowest BCUT2D eigenvalue weighted by Gasteiger charge is -2.33. The second kappa shape index (κ2) is 13.5. The van der Waals surface area contributed by atoms with Crippen molar-refractivity contribution in [1.82, 2.24) is 39.6 Å². The summed E-state index contributed by atoms with van der Waals surface area (Å²) < 4.78 is 9.30. The Morgan fingerprint density at radius 2 is 1.81 bits per heavy atom. The average molecular weight is 636 g/mol. The number of ether oxygens (including phenoxy) is 1. The molecule has 0 bridgehead atoms. The molecule has 2 fully saturated rings. The minimum atomic E-state index is -0.154. The summed E-state index contributed by atoms with van der Waals surface area (Å²) in [5, 5.41) is 21.3. The number of methoxy groups -OCH3 is 1. The Kier molecular flexibility index (Phi) is 8.86. The van der Waals surface area contributed by atoms with E-state index in [-0.39, 0.29) is 17.9 Å². The third-order valence-electron chi connectivity index (χ3n) is 9.79. The number of carbonyl (C=O) groups excluding carboxylic acids is 1. The standard InChI is InChI=1S/C35H41N9O3/c1-47-32-13-12-28(44-26-36-38-39-44)24-29(32)33(46)42-19-15-35(25-42,27-8-3-2-4-9-27)14-18-40-16-7-17-41(21-20-40)34-37-30-10-5-6-11-31(30)43(34)22-23-45/h2-6,8-13,24,26,45H,7,14-23,25H2,1H3. The van der Waals surface area contributed by atoms with Gasteiger partial charge in [-0.2, -0.15) is 0 Å². The van der Waals surface area contributed by atoms with Crippen LogP contribution in [-0.2, 0) is 12.0 Å². The first kappa shape index (κ1) is 30.8. The van der Waals surface area contributed by atoms with Crippen molar-refractivity contribution in [2.24, 2.45) is 0 Å². The molecule has 5 aromatic rings. The van der Waals surface area contributed by atoms with Crippen LogP contribution in [0.15, 0.2) is 79.1 Å². The number of nitrogens with zero attached hydrogens (tertiary/aromatic N) is 9. The molecule has 12 heteroatoms. The number of amides is 1. The molecule has 2 aliphatic heterocycles. The highest BCUT2D eigenvalue weighted by molar-refractivity contribution is 5.98. The zero-order valence-electron chi connectivity index (χ0n) is 26.8. The van der Waals surface area contributed by atoms with Gasteiger partial charge in [-0.1, -0.05) is 42.5 Å². The molecule has 1 N–H and O–H groups in total. The third kappa shape index (κ3) is 6.18. The Labute approximate surface area is 274 Å². The monoisotopic (exact) mass is 635 g/mol. The van der Waals surface area contributed by atoms with E-state index in [1.54, 1.807) is 23.9 Å². The Morgan fingerprint density at radius 1 is 0.957 bits per heavy atom. The Morgan fingerprint density at radius 3 is 2.62 bits per heavy atom. The van der Waals surface area contributed by atoms with E-state index in [0.717, 1.165) is 69.0 Å². The number of likely N-dealkylation sites (tertiary alicyclic amines) is 1. The van der Waals surface area contributed by atoms with E-state index < -0.39 is 0 Å². The number of rotatable bonds is 10. The lowest BCUT2D eigenvalue weighted by molar-refractivity contribution is 0.0777. The van der Waals surface area contributed by atoms with Gasteiger partial charge in [-0.05, 0) is 78.7 Å². The molecule has 2 aliphatic rings. The van der Waals surface area contributed by atoms with Crippen molar-refractivity contribution in [3.8, 4) is 11.4 Å². The van der Waals surface area contributed by atoms with Crippen LogP contribution < -0.4 is 9.64 Å². The number of fused-ring (bicyclic) bond motifs is 1. The highest BCUT2D eigenvalue weighted by Crippen LogP contribution is 2.39. The average Bonchev–Trinajstić information content (AvgIpc) is 3.85. The molecule has 4 heterocycles. The Balaban J connectivity index is 1.07. The zero-order valence-corrected chi connectivity index (χ0v) is 26.8. The van der Waals surface area contributed by atoms with Gasteiger partial charge in [0.2, 0.25) is 5.95 Å². The van der Waals surface area contributed by atoms with Crippen LogP contribution in [0.2, 0.25) is 0 Å². The van der Waals surface area contributed by atoms with E-state index in [2.05, 4.69) is 66.3 Å². The van der Waals surface area contributed by atoms with E-state index in [1.165, 1.54) is 11.9 Å². The van der Waals surface area contributed by atoms with Crippen LogP contribution in [0.4, 0.5) is 5.95 Å². The van der Waals surface area contributed by atoms with Crippen LogP contribution in [-0.4, -0.2) is 110 Å². The molecule has 1 unspecified atom stereocenters. The topological polar surface area (TPSA) is 118 Å². The molecule has 47 heavy (non-hydrogen) atoms. The van der Waals surface area contributed by atoms with Crippen LogP contribution in [0.3, 0.4) is 0 Å². The maximum absolute atomic E-state index is 14.1. The van der Waals surface area contributed by atoms with Gasteiger partial charge >= 0.3 is 0 Å². The molecule has 0 spiro atoms. The first-order valence-corrected chi connectivity index (χ1v) is 16.4. The number of aliphatic hydroxyl groups excluding tert-OH is 1. The van der Waals surface area contributed by atoms with Crippen LogP contribution in [0, 0.1) is 0 Å². The summed E-state index contributed by atoms with van der Waals surface area (Å²) >= 11 is 0. The van der Waals surface area contributed by atoms with Crippen molar-refractivity contribution in [1.29, 1.82) is 0 Å². The minimum absolute atomic E-state index is 0.0502. The number of benzene rings is 3. The normalized spacial score (nSPS) is 18.9. The molecule has 2 aromatic heterocycles. The fourth-order valence-electron chi connectivity index (χ4n) is 7.27. The molecule has 2 saturated heterocycles. The van der Waals surface area contributed by atoms with Crippen LogP contribution >= 0.6 is 0 Å². The molecule has 244 valence electrons. The van der Waals surface area contributed by atoms with Gasteiger partial charge in [0.1, 0.15) is 12.1 Å². The van der Waals surface area contributed by atoms with Gasteiger partial charge in [0, 0.05) is 44.7 Å². The second-order valence-corrected chi connectivity index (χ2v) is 12.5. The van der Waals surface area contributed by atoms with Crippen LogP contribution in [0.1, 0.15) is 35.2 Å². The molecular formula is C35H41N9O3. The van der Waals surface area contributed by atoms with Crippen molar-refractivity contribution < 1.29 is 14.6 Å². The summed E-state index contributed by atoms with van der Waals surface area (Å²) in [5.74, 6) is 1.42. The molecule has 0 aliphatic carbocycles. The number of hydrogen-bond donors (Lipinski definition) is 1. The van der Waals surface area contributed by atoms with Crippen molar-refractivity contribution in [3.63, 3.8) is 0 Å². The molecule has 0 radical (unpaired) electrons. The van der Waals surface area contributed by atoms with Gasteiger partial charge in [-0.25, -0.2) is 9.67 Å². The number of aromatic nitrogens is 6. The predicted molar refractivity (Wildman–Crippen MR) is 179 cm³/mol. The SMILES string of the molecule is COc1ccc(-n2cnnn2)cc1C(=O)N1CCC(CCN2CCCN(c3nc4ccccc4n3CCO)CC2)(c2ccccc2)C1. The van der Waals surface area contributed by atoms with Crippen LogP contribution in [0.25, 0.3) is 16.7 Å². The minimum Gasteiger partial charge on any atom is -0.496 e. The Hall–Kier alpha value is -4.81. The summed E-state index contributed by atoms with van der Waals surface area (Å²) in [7, 11) is 1.59. The highest BCUT2D eigenvalue weighted by Gasteiger charge is 2.42. The molecule has 7 rings (SSSR count). The van der Waals surface area contributed by atoms with Crippen LogP contribution in [0.5, 0.6) is 5.75 Å². The summed E-state index contributed by atoms with van der Waals surface area (Å²) in [6.07, 6.45) is 4.39. The second-order valence-electron chi connectivity index (χ2n) is 12.5. The highest BCUT2D eigenvalue weighted by atomic mass is 16.5. The van der Waals surface area contributed by atoms with Gasteiger partial charge in [0.15, 0.2) is 0 Å². The summed E-state index contributed by atoms with van der Waals surface area (Å²) in [6, 6.07) is 24.3. The van der Waals surface area contributed by atoms with E-state index in [4.69, 9.17) is 9.72 Å². The first-order valence-electron chi connectivity index (χ1n) is 16.4. The van der Waals surface area contributed by atoms with Crippen molar-refractivity contribution in [2.45, 2.75) is 31.2 Å². The van der Waals surface area contributed by atoms with Crippen molar-refractivity contribution in [3.05, 3.63) is 90.3 Å². The van der Waals surface area contributed by atoms with Gasteiger partial charge < -0.3 is 29.1 Å². The predicted octanol–water partition coefficient (Wildman–Crippen LogP) is 3.40. The molecule has 3 aromatic carbocycles. The number of anilines is 1. The zero-order chi connectivity index (χ0) is 32.2. The van der Waals surface area contributed by atoms with Gasteiger partial charge in [0.05, 0.1) is 36.0 Å². The number of carbonyl (C=O) groups is 1. The molecular weight excluding hydrogens is 594 g/mol. The fraction of sp³-hybridized carbons (Fsp3) is 0.400. The maximum Gasteiger partial charge on any atom is 0.257 e. The summed E-state index contributed by atoms with van der Waals surface area (Å²) in [6.45, 7) is 6.57. The Bertz CT molecular complexity index is 1810. The smallest absolute Gasteiger partial charge is 0.257 e. The summed E-state index contributed by atoms with van der Waals surface area (Å²) in [4.78, 5) is 25.9. The van der Waals surface area contributed by atoms with Gasteiger partial charge in [-0.3, -0.25) is 4.79 Å². The summed E-state index contributed by atoms with van der Waals surface area (Å²) in [5.41, 5.74) is 4.35. The lowest BCUT2D eigenvalue weighted by atomic mass is 9.76. The maximum atomic E-state index is 14.1. The van der Waals surface area contributed by atoms with E-state index in [1.807, 2.05) is 29.2 Å². The number of tetrazole rings is 1. The first-order chi connectivity index (χ1) is 23.1. The van der Waals surface area contributed by atoms with Gasteiger partial charge in [0.25, 0.3) is 5.91 Å². The number of hydrogen-bond acceptors (Lipinski definition) is 9. The van der Waals surface area contributed by atoms with Gasteiger partial charge in [-0.15, -0.1) is 5.10 Å². The lowest BCUT2D eigenvalue weighted by Crippen LogP contribution is -2.39. The van der Waals surface area contributed by atoms with Crippen molar-refractivity contribution >= 4 is 22.9 Å². The van der Waals surface area contributed by atoms with E-state index >= 15 is 0 Å². The van der Waals surface area contributed by atoms with Crippen molar-refractivity contribution in [2.75, 3.05) is 64.4 Å². The van der Waals surface area contributed by atoms with E-state index in [9.17, 15) is 9.90 Å². The third-order valence-corrected chi connectivity index (χ3v) is 9.79.